The van der Waals surface area contributed by atoms with Crippen LogP contribution in [0.4, 0.5) is 5.69 Å². The molecule has 3 heterocycles. The Morgan fingerprint density at radius 3 is 2.59 bits per heavy atom. The van der Waals surface area contributed by atoms with E-state index in [9.17, 15) is 14.4 Å². The summed E-state index contributed by atoms with van der Waals surface area (Å²) in [6.07, 6.45) is 8.99. The monoisotopic (exact) mass is 511 g/mol. The average molecular weight is 512 g/mol. The highest BCUT2D eigenvalue weighted by Crippen LogP contribution is 2.55. The lowest BCUT2D eigenvalue weighted by molar-refractivity contribution is -0.141. The van der Waals surface area contributed by atoms with Gasteiger partial charge in [-0.1, -0.05) is 31.4 Å². The van der Waals surface area contributed by atoms with Crippen LogP contribution in [0.5, 0.6) is 5.75 Å². The van der Waals surface area contributed by atoms with Gasteiger partial charge in [0.05, 0.1) is 25.0 Å². The van der Waals surface area contributed by atoms with Crippen LogP contribution in [0.15, 0.2) is 36.4 Å². The van der Waals surface area contributed by atoms with Crippen LogP contribution in [-0.2, 0) is 23.9 Å². The summed E-state index contributed by atoms with van der Waals surface area (Å²) < 4.78 is 17.1. The Balaban J connectivity index is 1.39. The standard InChI is InChI=1S/C28H37N3O6/c1-3-36-17-7-16-31-24(26(33)30-18-8-5-4-6-9-18)28-15-14-21(37-28)22(23(28)27(31)34)25(32)29-19-10-12-20(35-2)13-11-19/h10-15,18,21-24H,3-9,16-17H2,1-2H3,(H,29,32)(H,30,33)/t21-,22?,23-,24?,28?/m1/s1. The van der Waals surface area contributed by atoms with Gasteiger partial charge in [0.1, 0.15) is 17.4 Å². The third-order valence-electron chi connectivity index (χ3n) is 8.13. The first-order chi connectivity index (χ1) is 18.0. The highest BCUT2D eigenvalue weighted by atomic mass is 16.5. The molecular weight excluding hydrogens is 474 g/mol. The minimum atomic E-state index is -1.14. The van der Waals surface area contributed by atoms with Gasteiger partial charge < -0.3 is 29.7 Å². The predicted molar refractivity (Wildman–Crippen MR) is 137 cm³/mol. The molecular formula is C28H37N3O6. The van der Waals surface area contributed by atoms with Crippen molar-refractivity contribution in [3.8, 4) is 5.75 Å². The fourth-order valence-electron chi connectivity index (χ4n) is 6.42. The number of anilines is 1. The fourth-order valence-corrected chi connectivity index (χ4v) is 6.42. The lowest BCUT2D eigenvalue weighted by atomic mass is 9.74. The summed E-state index contributed by atoms with van der Waals surface area (Å²) in [5, 5.41) is 6.14. The number of fused-ring (bicyclic) bond motifs is 1. The highest BCUT2D eigenvalue weighted by molar-refractivity contribution is 6.02. The molecule has 0 aromatic heterocycles. The van der Waals surface area contributed by atoms with E-state index in [4.69, 9.17) is 14.2 Å². The van der Waals surface area contributed by atoms with Gasteiger partial charge in [0, 0.05) is 31.5 Å². The summed E-state index contributed by atoms with van der Waals surface area (Å²) >= 11 is 0. The Kier molecular flexibility index (Phi) is 7.53. The number of hydrogen-bond donors (Lipinski definition) is 2. The molecule has 3 aliphatic heterocycles. The zero-order chi connectivity index (χ0) is 26.0. The first kappa shape index (κ1) is 25.7. The fraction of sp³-hybridized carbons (Fsp3) is 0.607. The number of amides is 3. The molecule has 2 bridgehead atoms. The van der Waals surface area contributed by atoms with Crippen molar-refractivity contribution in [2.75, 3.05) is 32.2 Å². The van der Waals surface area contributed by atoms with Crippen LogP contribution < -0.4 is 15.4 Å². The molecule has 2 N–H and O–H groups in total. The first-order valence-electron chi connectivity index (χ1n) is 13.5. The van der Waals surface area contributed by atoms with Crippen LogP contribution in [0.3, 0.4) is 0 Å². The number of benzene rings is 1. The van der Waals surface area contributed by atoms with Crippen LogP contribution in [0, 0.1) is 11.8 Å². The summed E-state index contributed by atoms with van der Waals surface area (Å²) in [5.74, 6) is -1.48. The van der Waals surface area contributed by atoms with Gasteiger partial charge in [-0.2, -0.15) is 0 Å². The topological polar surface area (TPSA) is 106 Å². The molecule has 1 aromatic carbocycles. The zero-order valence-electron chi connectivity index (χ0n) is 21.6. The number of hydrogen-bond acceptors (Lipinski definition) is 6. The van der Waals surface area contributed by atoms with Crippen LogP contribution in [0.25, 0.3) is 0 Å². The van der Waals surface area contributed by atoms with Gasteiger partial charge >= 0.3 is 0 Å². The lowest BCUT2D eigenvalue weighted by Crippen LogP contribution is -2.56. The van der Waals surface area contributed by atoms with Gasteiger partial charge in [-0.3, -0.25) is 14.4 Å². The van der Waals surface area contributed by atoms with Crippen molar-refractivity contribution in [1.82, 2.24) is 10.2 Å². The number of ether oxygens (including phenoxy) is 3. The molecule has 3 fully saturated rings. The molecule has 9 nitrogen and oxygen atoms in total. The second-order valence-corrected chi connectivity index (χ2v) is 10.3. The third-order valence-corrected chi connectivity index (χ3v) is 8.13. The number of carbonyl (C=O) groups excluding carboxylic acids is 3. The molecule has 1 spiro atoms. The van der Waals surface area contributed by atoms with E-state index in [1.165, 1.54) is 6.42 Å². The molecule has 200 valence electrons. The molecule has 5 rings (SSSR count). The van der Waals surface area contributed by atoms with Crippen molar-refractivity contribution in [2.24, 2.45) is 11.8 Å². The van der Waals surface area contributed by atoms with E-state index in [2.05, 4.69) is 10.6 Å². The Morgan fingerprint density at radius 2 is 1.89 bits per heavy atom. The summed E-state index contributed by atoms with van der Waals surface area (Å²) in [7, 11) is 1.58. The zero-order valence-corrected chi connectivity index (χ0v) is 21.6. The lowest BCUT2D eigenvalue weighted by Gasteiger charge is -2.34. The maximum absolute atomic E-state index is 13.9. The van der Waals surface area contributed by atoms with E-state index in [-0.39, 0.29) is 23.8 Å². The molecule has 9 heteroatoms. The molecule has 2 saturated heterocycles. The van der Waals surface area contributed by atoms with Crippen molar-refractivity contribution in [3.05, 3.63) is 36.4 Å². The van der Waals surface area contributed by atoms with Gasteiger partial charge in [0.15, 0.2) is 0 Å². The molecule has 5 atom stereocenters. The van der Waals surface area contributed by atoms with Gasteiger partial charge in [-0.05, 0) is 50.5 Å². The molecule has 3 unspecified atom stereocenters. The maximum Gasteiger partial charge on any atom is 0.246 e. The second kappa shape index (κ2) is 10.8. The Labute approximate surface area is 217 Å². The molecule has 1 aliphatic carbocycles. The summed E-state index contributed by atoms with van der Waals surface area (Å²) in [5.41, 5.74) is -0.536. The first-order valence-corrected chi connectivity index (χ1v) is 13.5. The van der Waals surface area contributed by atoms with Crippen molar-refractivity contribution < 1.29 is 28.6 Å². The molecule has 1 saturated carbocycles. The molecule has 4 aliphatic rings. The number of rotatable bonds is 10. The normalized spacial score (nSPS) is 30.4. The number of likely N-dealkylation sites (tertiary alicyclic amines) is 1. The van der Waals surface area contributed by atoms with Gasteiger partial charge in [0.25, 0.3) is 0 Å². The number of carbonyl (C=O) groups is 3. The molecule has 3 amide bonds. The van der Waals surface area contributed by atoms with Gasteiger partial charge in [-0.25, -0.2) is 0 Å². The van der Waals surface area contributed by atoms with E-state index in [1.54, 1.807) is 36.3 Å². The average Bonchev–Trinajstić information content (AvgIpc) is 3.55. The summed E-state index contributed by atoms with van der Waals surface area (Å²) in [6.45, 7) is 3.38. The van der Waals surface area contributed by atoms with E-state index in [0.29, 0.717) is 37.6 Å². The van der Waals surface area contributed by atoms with Crippen LogP contribution in [0.1, 0.15) is 45.4 Å². The Bertz CT molecular complexity index is 1040. The third kappa shape index (κ3) is 4.75. The highest BCUT2D eigenvalue weighted by Gasteiger charge is 2.72. The molecule has 0 radical (unpaired) electrons. The Morgan fingerprint density at radius 1 is 1.14 bits per heavy atom. The minimum Gasteiger partial charge on any atom is -0.497 e. The smallest absolute Gasteiger partial charge is 0.246 e. The van der Waals surface area contributed by atoms with Gasteiger partial charge in [0.2, 0.25) is 17.7 Å². The number of nitrogens with one attached hydrogen (secondary N) is 2. The largest absolute Gasteiger partial charge is 0.497 e. The van der Waals surface area contributed by atoms with Crippen molar-refractivity contribution in [2.45, 2.75) is 69.2 Å². The molecule has 37 heavy (non-hydrogen) atoms. The van der Waals surface area contributed by atoms with Crippen molar-refractivity contribution >= 4 is 23.4 Å². The maximum atomic E-state index is 13.9. The van der Waals surface area contributed by atoms with E-state index in [0.717, 1.165) is 25.7 Å². The van der Waals surface area contributed by atoms with E-state index < -0.39 is 29.6 Å². The quantitative estimate of drug-likeness (QED) is 0.370. The predicted octanol–water partition coefficient (Wildman–Crippen LogP) is 2.66. The number of nitrogens with zero attached hydrogens (tertiary/aromatic N) is 1. The summed E-state index contributed by atoms with van der Waals surface area (Å²) in [6, 6.07) is 6.34. The van der Waals surface area contributed by atoms with Crippen molar-refractivity contribution in [3.63, 3.8) is 0 Å². The van der Waals surface area contributed by atoms with E-state index >= 15 is 0 Å². The summed E-state index contributed by atoms with van der Waals surface area (Å²) in [4.78, 5) is 42.8. The van der Waals surface area contributed by atoms with Crippen LogP contribution in [-0.4, -0.2) is 73.3 Å². The Hall–Kier alpha value is -2.91. The molecule has 1 aromatic rings. The van der Waals surface area contributed by atoms with Crippen LogP contribution >= 0.6 is 0 Å². The second-order valence-electron chi connectivity index (χ2n) is 10.3. The van der Waals surface area contributed by atoms with Crippen LogP contribution in [0.2, 0.25) is 0 Å². The van der Waals surface area contributed by atoms with Crippen molar-refractivity contribution in [1.29, 1.82) is 0 Å². The minimum absolute atomic E-state index is 0.105. The van der Waals surface area contributed by atoms with E-state index in [1.807, 2.05) is 19.1 Å². The van der Waals surface area contributed by atoms with Gasteiger partial charge in [-0.15, -0.1) is 0 Å². The number of methoxy groups -OCH3 is 1. The SMILES string of the molecule is CCOCCCN1C(=O)[C@H]2C(C(=O)Nc3ccc(OC)cc3)[C@H]3C=CC2(O3)C1C(=O)NC1CCCCC1.